The van der Waals surface area contributed by atoms with E-state index in [1.807, 2.05) is 13.0 Å². The number of hydrogen-bond donors (Lipinski definition) is 1. The summed E-state index contributed by atoms with van der Waals surface area (Å²) in [5, 5.41) is 3.32. The number of halogens is 1. The molecule has 0 saturated heterocycles. The van der Waals surface area contributed by atoms with Crippen LogP contribution in [-0.4, -0.2) is 0 Å². The van der Waals surface area contributed by atoms with Crippen molar-refractivity contribution in [2.24, 2.45) is 0 Å². The standard InChI is InChI=1S/C14H16FNS/c1-9-6-12(15)8-13(7-9)16-11(3)14-5-4-10(2)17-14/h4-8,11,16H,1-3H3. The molecule has 0 aliphatic rings. The van der Waals surface area contributed by atoms with Gasteiger partial charge in [-0.25, -0.2) is 4.39 Å². The molecule has 0 spiro atoms. The molecule has 1 aromatic carbocycles. The third kappa shape index (κ3) is 3.07. The van der Waals surface area contributed by atoms with Gasteiger partial charge in [0, 0.05) is 15.4 Å². The van der Waals surface area contributed by atoms with Crippen LogP contribution in [0, 0.1) is 19.7 Å². The van der Waals surface area contributed by atoms with E-state index in [4.69, 9.17) is 0 Å². The normalized spacial score (nSPS) is 12.5. The van der Waals surface area contributed by atoms with Crippen molar-refractivity contribution in [3.8, 4) is 0 Å². The summed E-state index contributed by atoms with van der Waals surface area (Å²) in [6, 6.07) is 9.45. The number of nitrogens with one attached hydrogen (secondary N) is 1. The van der Waals surface area contributed by atoms with Crippen molar-refractivity contribution in [3.05, 3.63) is 51.5 Å². The Morgan fingerprint density at radius 2 is 1.94 bits per heavy atom. The number of anilines is 1. The summed E-state index contributed by atoms with van der Waals surface area (Å²) < 4.78 is 13.2. The SMILES string of the molecule is Cc1cc(F)cc(NC(C)c2ccc(C)s2)c1. The van der Waals surface area contributed by atoms with Gasteiger partial charge >= 0.3 is 0 Å². The van der Waals surface area contributed by atoms with Gasteiger partial charge < -0.3 is 5.32 Å². The highest BCUT2D eigenvalue weighted by molar-refractivity contribution is 7.12. The Kier molecular flexibility index (Phi) is 3.48. The molecule has 1 atom stereocenters. The van der Waals surface area contributed by atoms with Crippen LogP contribution in [0.25, 0.3) is 0 Å². The molecule has 0 radical (unpaired) electrons. The fourth-order valence-electron chi connectivity index (χ4n) is 1.83. The number of hydrogen-bond acceptors (Lipinski definition) is 2. The van der Waals surface area contributed by atoms with E-state index >= 15 is 0 Å². The van der Waals surface area contributed by atoms with E-state index in [-0.39, 0.29) is 11.9 Å². The van der Waals surface area contributed by atoms with Crippen LogP contribution < -0.4 is 5.32 Å². The molecule has 2 aromatic rings. The van der Waals surface area contributed by atoms with Crippen LogP contribution in [0.1, 0.15) is 28.3 Å². The first-order chi connectivity index (χ1) is 8.04. The fraction of sp³-hybridized carbons (Fsp3) is 0.286. The summed E-state index contributed by atoms with van der Waals surface area (Å²) >= 11 is 1.77. The van der Waals surface area contributed by atoms with E-state index in [1.54, 1.807) is 11.3 Å². The summed E-state index contributed by atoms with van der Waals surface area (Å²) in [6.45, 7) is 6.08. The minimum absolute atomic E-state index is 0.193. The van der Waals surface area contributed by atoms with E-state index < -0.39 is 0 Å². The van der Waals surface area contributed by atoms with Crippen molar-refractivity contribution >= 4 is 17.0 Å². The second-order valence-electron chi connectivity index (χ2n) is 4.33. The zero-order chi connectivity index (χ0) is 12.4. The topological polar surface area (TPSA) is 12.0 Å². The summed E-state index contributed by atoms with van der Waals surface area (Å²) in [7, 11) is 0. The van der Waals surface area contributed by atoms with Gasteiger partial charge in [-0.15, -0.1) is 11.3 Å². The Morgan fingerprint density at radius 3 is 2.53 bits per heavy atom. The first-order valence-corrected chi connectivity index (χ1v) is 6.46. The highest BCUT2D eigenvalue weighted by Crippen LogP contribution is 2.26. The van der Waals surface area contributed by atoms with Crippen molar-refractivity contribution in [3.63, 3.8) is 0 Å². The average molecular weight is 249 g/mol. The van der Waals surface area contributed by atoms with Crippen LogP contribution in [0.5, 0.6) is 0 Å². The smallest absolute Gasteiger partial charge is 0.125 e. The lowest BCUT2D eigenvalue weighted by molar-refractivity contribution is 0.626. The monoisotopic (exact) mass is 249 g/mol. The Bertz CT molecular complexity index is 498. The summed E-state index contributed by atoms with van der Waals surface area (Å²) in [5.74, 6) is -0.193. The number of benzene rings is 1. The predicted octanol–water partition coefficient (Wildman–Crippen LogP) is 4.68. The molecule has 17 heavy (non-hydrogen) atoms. The Labute approximate surface area is 105 Å². The number of aryl methyl sites for hydroxylation is 2. The third-order valence-electron chi connectivity index (χ3n) is 2.61. The van der Waals surface area contributed by atoms with Gasteiger partial charge in [0.25, 0.3) is 0 Å². The molecule has 90 valence electrons. The lowest BCUT2D eigenvalue weighted by Crippen LogP contribution is -2.05. The molecule has 0 aliphatic heterocycles. The van der Waals surface area contributed by atoms with E-state index in [2.05, 4.69) is 31.3 Å². The van der Waals surface area contributed by atoms with Gasteiger partial charge in [-0.1, -0.05) is 0 Å². The third-order valence-corrected chi connectivity index (χ3v) is 3.80. The summed E-state index contributed by atoms with van der Waals surface area (Å²) in [5.41, 5.74) is 1.77. The lowest BCUT2D eigenvalue weighted by atomic mass is 10.2. The summed E-state index contributed by atoms with van der Waals surface area (Å²) in [4.78, 5) is 2.56. The van der Waals surface area contributed by atoms with Gasteiger partial charge in [-0.2, -0.15) is 0 Å². The largest absolute Gasteiger partial charge is 0.378 e. The van der Waals surface area contributed by atoms with Crippen LogP contribution in [0.3, 0.4) is 0 Å². The van der Waals surface area contributed by atoms with Crippen LogP contribution in [0.4, 0.5) is 10.1 Å². The Balaban J connectivity index is 2.15. The quantitative estimate of drug-likeness (QED) is 0.833. The van der Waals surface area contributed by atoms with Gasteiger partial charge in [0.2, 0.25) is 0 Å². The molecular weight excluding hydrogens is 233 g/mol. The van der Waals surface area contributed by atoms with Crippen LogP contribution in [0.2, 0.25) is 0 Å². The van der Waals surface area contributed by atoms with E-state index in [0.29, 0.717) is 0 Å². The zero-order valence-electron chi connectivity index (χ0n) is 10.3. The average Bonchev–Trinajstić information content (AvgIpc) is 2.63. The Morgan fingerprint density at radius 1 is 1.18 bits per heavy atom. The second-order valence-corrected chi connectivity index (χ2v) is 5.65. The number of rotatable bonds is 3. The highest BCUT2D eigenvalue weighted by Gasteiger charge is 2.08. The zero-order valence-corrected chi connectivity index (χ0v) is 11.1. The van der Waals surface area contributed by atoms with E-state index in [0.717, 1.165) is 11.3 Å². The molecule has 0 bridgehead atoms. The maximum absolute atomic E-state index is 13.2. The molecule has 0 saturated carbocycles. The number of thiophene rings is 1. The van der Waals surface area contributed by atoms with Crippen LogP contribution in [-0.2, 0) is 0 Å². The van der Waals surface area contributed by atoms with Crippen molar-refractivity contribution in [2.45, 2.75) is 26.8 Å². The van der Waals surface area contributed by atoms with Gasteiger partial charge in [0.1, 0.15) is 5.82 Å². The fourth-order valence-corrected chi connectivity index (χ4v) is 2.71. The first-order valence-electron chi connectivity index (χ1n) is 5.64. The molecule has 0 aliphatic carbocycles. The molecule has 1 N–H and O–H groups in total. The Hall–Kier alpha value is -1.35. The van der Waals surface area contributed by atoms with Gasteiger partial charge in [-0.3, -0.25) is 0 Å². The summed E-state index contributed by atoms with van der Waals surface area (Å²) in [6.07, 6.45) is 0. The maximum Gasteiger partial charge on any atom is 0.125 e. The predicted molar refractivity (Wildman–Crippen MR) is 72.2 cm³/mol. The highest BCUT2D eigenvalue weighted by atomic mass is 32.1. The molecule has 2 rings (SSSR count). The van der Waals surface area contributed by atoms with Gasteiger partial charge in [-0.05, 0) is 56.7 Å². The molecule has 0 fully saturated rings. The van der Waals surface area contributed by atoms with E-state index in [1.165, 1.54) is 21.9 Å². The van der Waals surface area contributed by atoms with Crippen molar-refractivity contribution in [2.75, 3.05) is 5.32 Å². The van der Waals surface area contributed by atoms with Crippen molar-refractivity contribution in [1.29, 1.82) is 0 Å². The minimum atomic E-state index is -0.193. The minimum Gasteiger partial charge on any atom is -0.378 e. The molecular formula is C14H16FNS. The van der Waals surface area contributed by atoms with Gasteiger partial charge in [0.05, 0.1) is 6.04 Å². The lowest BCUT2D eigenvalue weighted by Gasteiger charge is -2.14. The van der Waals surface area contributed by atoms with Crippen LogP contribution >= 0.6 is 11.3 Å². The van der Waals surface area contributed by atoms with Crippen molar-refractivity contribution in [1.82, 2.24) is 0 Å². The van der Waals surface area contributed by atoms with Crippen molar-refractivity contribution < 1.29 is 4.39 Å². The molecule has 0 amide bonds. The van der Waals surface area contributed by atoms with Gasteiger partial charge in [0.15, 0.2) is 0 Å². The molecule has 3 heteroatoms. The first kappa shape index (κ1) is 12.1. The molecule has 1 unspecified atom stereocenters. The van der Waals surface area contributed by atoms with E-state index in [9.17, 15) is 4.39 Å². The second kappa shape index (κ2) is 4.88. The molecule has 1 nitrogen and oxygen atoms in total. The van der Waals surface area contributed by atoms with Crippen LogP contribution in [0.15, 0.2) is 30.3 Å². The maximum atomic E-state index is 13.2. The molecule has 1 heterocycles. The molecule has 1 aromatic heterocycles.